The van der Waals surface area contributed by atoms with E-state index in [1.54, 1.807) is 36.8 Å². The molecule has 0 unspecified atom stereocenters. The molecule has 0 aliphatic heterocycles. The number of ether oxygens (including phenoxy) is 2. The molecule has 31 heavy (non-hydrogen) atoms. The molecule has 0 aliphatic carbocycles. The van der Waals surface area contributed by atoms with Crippen LogP contribution in [0.4, 0.5) is 0 Å². The van der Waals surface area contributed by atoms with Gasteiger partial charge in [0.25, 0.3) is 0 Å². The first-order valence-corrected chi connectivity index (χ1v) is 11.0. The number of fused-ring (bicyclic) bond motifs is 1. The van der Waals surface area contributed by atoms with Gasteiger partial charge in [-0.2, -0.15) is 5.10 Å². The highest BCUT2D eigenvalue weighted by molar-refractivity contribution is 7.16. The highest BCUT2D eigenvalue weighted by Gasteiger charge is 2.08. The Kier molecular flexibility index (Phi) is 6.61. The van der Waals surface area contributed by atoms with E-state index in [9.17, 15) is 0 Å². The van der Waals surface area contributed by atoms with Crippen molar-refractivity contribution < 1.29 is 9.47 Å². The van der Waals surface area contributed by atoms with Crippen LogP contribution in [0.2, 0.25) is 10.0 Å². The molecule has 8 heteroatoms. The van der Waals surface area contributed by atoms with Crippen LogP contribution in [0.1, 0.15) is 11.1 Å². The standard InChI is InChI=1S/C23H19Cl2N3O2S/c1-28-19-5-3-4-6-22(19)31-23(28)27-26-13-15-7-10-20(21(11-15)29-2)30-14-16-8-9-17(24)12-18(16)25/h3-13H,14H2,1-2H3/b26-13-,27-23-. The summed E-state index contributed by atoms with van der Waals surface area (Å²) in [5.74, 6) is 1.21. The third-order valence-electron chi connectivity index (χ3n) is 4.65. The monoisotopic (exact) mass is 471 g/mol. The van der Waals surface area contributed by atoms with Gasteiger partial charge in [0, 0.05) is 22.7 Å². The molecule has 0 atom stereocenters. The van der Waals surface area contributed by atoms with E-state index in [0.717, 1.165) is 21.4 Å². The van der Waals surface area contributed by atoms with Crippen LogP contribution in [0, 0.1) is 0 Å². The van der Waals surface area contributed by atoms with Gasteiger partial charge < -0.3 is 14.0 Å². The number of aromatic nitrogens is 1. The van der Waals surface area contributed by atoms with Gasteiger partial charge in [-0.25, -0.2) is 0 Å². The van der Waals surface area contributed by atoms with E-state index in [0.29, 0.717) is 28.2 Å². The summed E-state index contributed by atoms with van der Waals surface area (Å²) < 4.78 is 14.6. The van der Waals surface area contributed by atoms with Crippen LogP contribution in [0.15, 0.2) is 70.9 Å². The van der Waals surface area contributed by atoms with Crippen molar-refractivity contribution in [1.82, 2.24) is 4.57 Å². The number of aryl methyl sites for hydroxylation is 1. The van der Waals surface area contributed by atoms with E-state index in [1.807, 2.05) is 48.0 Å². The second-order valence-electron chi connectivity index (χ2n) is 6.69. The Labute approximate surface area is 193 Å². The summed E-state index contributed by atoms with van der Waals surface area (Å²) >= 11 is 13.8. The van der Waals surface area contributed by atoms with Crippen molar-refractivity contribution in [3.05, 3.63) is 86.6 Å². The molecule has 0 spiro atoms. The predicted molar refractivity (Wildman–Crippen MR) is 128 cm³/mol. The molecule has 1 aromatic heterocycles. The quantitative estimate of drug-likeness (QED) is 0.253. The molecular formula is C23H19Cl2N3O2S. The SMILES string of the molecule is COc1cc(/C=N\N=c2/sc3ccccc3n2C)ccc1OCc1ccc(Cl)cc1Cl. The Hall–Kier alpha value is -2.80. The molecule has 0 radical (unpaired) electrons. The van der Waals surface area contributed by atoms with E-state index < -0.39 is 0 Å². The van der Waals surface area contributed by atoms with Crippen LogP contribution in [0.3, 0.4) is 0 Å². The van der Waals surface area contributed by atoms with Crippen molar-refractivity contribution >= 4 is 51.0 Å². The molecule has 0 saturated heterocycles. The van der Waals surface area contributed by atoms with Gasteiger partial charge in [0.1, 0.15) is 6.61 Å². The highest BCUT2D eigenvalue weighted by atomic mass is 35.5. The number of hydrogen-bond acceptors (Lipinski definition) is 5. The summed E-state index contributed by atoms with van der Waals surface area (Å²) in [4.78, 5) is 0.823. The van der Waals surface area contributed by atoms with Gasteiger partial charge in [0.05, 0.1) is 23.5 Å². The number of hydrogen-bond donors (Lipinski definition) is 0. The Balaban J connectivity index is 1.51. The van der Waals surface area contributed by atoms with Gasteiger partial charge in [0.2, 0.25) is 4.80 Å². The molecular weight excluding hydrogens is 453 g/mol. The summed E-state index contributed by atoms with van der Waals surface area (Å²) in [7, 11) is 3.58. The molecule has 0 fully saturated rings. The third kappa shape index (κ3) is 4.93. The second kappa shape index (κ2) is 9.56. The van der Waals surface area contributed by atoms with Gasteiger partial charge >= 0.3 is 0 Å². The summed E-state index contributed by atoms with van der Waals surface area (Å²) in [5.41, 5.74) is 2.82. The molecule has 5 nitrogen and oxygen atoms in total. The van der Waals surface area contributed by atoms with E-state index >= 15 is 0 Å². The van der Waals surface area contributed by atoms with E-state index in [-0.39, 0.29) is 0 Å². The summed E-state index contributed by atoms with van der Waals surface area (Å²) in [5, 5.41) is 9.76. The lowest BCUT2D eigenvalue weighted by atomic mass is 10.2. The lowest BCUT2D eigenvalue weighted by Crippen LogP contribution is -2.08. The zero-order valence-electron chi connectivity index (χ0n) is 16.9. The van der Waals surface area contributed by atoms with Crippen molar-refractivity contribution in [3.63, 3.8) is 0 Å². The summed E-state index contributed by atoms with van der Waals surface area (Å²) in [6.07, 6.45) is 1.69. The van der Waals surface area contributed by atoms with Crippen LogP contribution in [0.5, 0.6) is 11.5 Å². The Bertz CT molecular complexity index is 1330. The third-order valence-corrected chi connectivity index (χ3v) is 6.34. The van der Waals surface area contributed by atoms with Gasteiger partial charge in [0.15, 0.2) is 11.5 Å². The van der Waals surface area contributed by atoms with Gasteiger partial charge in [-0.1, -0.05) is 52.7 Å². The molecule has 0 N–H and O–H groups in total. The average molecular weight is 472 g/mol. The molecule has 0 saturated carbocycles. The van der Waals surface area contributed by atoms with Crippen molar-refractivity contribution in [2.45, 2.75) is 6.61 Å². The molecule has 0 bridgehead atoms. The van der Waals surface area contributed by atoms with Crippen molar-refractivity contribution in [2.75, 3.05) is 7.11 Å². The summed E-state index contributed by atoms with van der Waals surface area (Å²) in [6, 6.07) is 19.1. The highest BCUT2D eigenvalue weighted by Crippen LogP contribution is 2.30. The van der Waals surface area contributed by atoms with Crippen LogP contribution < -0.4 is 14.3 Å². The zero-order valence-corrected chi connectivity index (χ0v) is 19.2. The first-order chi connectivity index (χ1) is 15.0. The Morgan fingerprint density at radius 1 is 1.03 bits per heavy atom. The minimum absolute atomic E-state index is 0.303. The topological polar surface area (TPSA) is 48.1 Å². The maximum absolute atomic E-state index is 6.21. The number of nitrogens with zero attached hydrogens (tertiary/aromatic N) is 3. The Morgan fingerprint density at radius 3 is 2.65 bits per heavy atom. The minimum atomic E-state index is 0.303. The number of halogens is 2. The van der Waals surface area contributed by atoms with Gasteiger partial charge in [-0.15, -0.1) is 5.10 Å². The van der Waals surface area contributed by atoms with Crippen LogP contribution in [-0.2, 0) is 13.7 Å². The maximum atomic E-state index is 6.21. The fraction of sp³-hybridized carbons (Fsp3) is 0.130. The minimum Gasteiger partial charge on any atom is -0.493 e. The average Bonchev–Trinajstić information content (AvgIpc) is 3.09. The van der Waals surface area contributed by atoms with Crippen molar-refractivity contribution in [1.29, 1.82) is 0 Å². The fourth-order valence-corrected chi connectivity index (χ4v) is 4.44. The normalized spacial score (nSPS) is 12.1. The first kappa shape index (κ1) is 21.4. The van der Waals surface area contributed by atoms with Gasteiger partial charge in [-0.3, -0.25) is 0 Å². The molecule has 4 aromatic rings. The number of methoxy groups -OCH3 is 1. The van der Waals surface area contributed by atoms with Gasteiger partial charge in [-0.05, 0) is 48.0 Å². The molecule has 0 amide bonds. The van der Waals surface area contributed by atoms with E-state index in [1.165, 1.54) is 4.70 Å². The second-order valence-corrected chi connectivity index (χ2v) is 8.54. The van der Waals surface area contributed by atoms with Crippen molar-refractivity contribution in [3.8, 4) is 11.5 Å². The molecule has 0 aliphatic rings. The molecule has 158 valence electrons. The number of rotatable bonds is 6. The van der Waals surface area contributed by atoms with Crippen molar-refractivity contribution in [2.24, 2.45) is 17.3 Å². The summed E-state index contributed by atoms with van der Waals surface area (Å²) in [6.45, 7) is 0.303. The number of benzene rings is 3. The van der Waals surface area contributed by atoms with Crippen LogP contribution in [-0.4, -0.2) is 17.9 Å². The van der Waals surface area contributed by atoms with E-state index in [4.69, 9.17) is 32.7 Å². The molecule has 1 heterocycles. The first-order valence-electron chi connectivity index (χ1n) is 9.41. The van der Waals surface area contributed by atoms with E-state index in [2.05, 4.69) is 22.3 Å². The fourth-order valence-electron chi connectivity index (χ4n) is 3.00. The number of para-hydroxylation sites is 1. The molecule has 3 aromatic carbocycles. The molecule has 4 rings (SSSR count). The lowest BCUT2D eigenvalue weighted by Gasteiger charge is -2.12. The smallest absolute Gasteiger partial charge is 0.211 e. The Morgan fingerprint density at radius 2 is 1.87 bits per heavy atom. The van der Waals surface area contributed by atoms with Crippen LogP contribution >= 0.6 is 34.5 Å². The zero-order chi connectivity index (χ0) is 21.8. The van der Waals surface area contributed by atoms with Crippen LogP contribution in [0.25, 0.3) is 10.2 Å². The largest absolute Gasteiger partial charge is 0.493 e. The lowest BCUT2D eigenvalue weighted by molar-refractivity contribution is 0.284. The maximum Gasteiger partial charge on any atom is 0.211 e. The number of thiazole rings is 1. The predicted octanol–water partition coefficient (Wildman–Crippen LogP) is 6.07.